The smallest absolute Gasteiger partial charge is 0.216 e. The number of aryl methyl sites for hydroxylation is 1. The topological polar surface area (TPSA) is 29.5 Å². The van der Waals surface area contributed by atoms with Gasteiger partial charge in [-0.1, -0.05) is 44.4 Å². The Morgan fingerprint density at radius 1 is 1.38 bits per heavy atom. The normalized spacial score (nSPS) is 13.3. The zero-order chi connectivity index (χ0) is 12.3. The maximum absolute atomic E-state index is 9.50. The summed E-state index contributed by atoms with van der Waals surface area (Å²) in [5.41, 5.74) is 1.06. The number of hydrogen-bond acceptors (Lipinski definition) is 2. The van der Waals surface area contributed by atoms with E-state index in [1.54, 1.807) is 0 Å². The first-order valence-electron chi connectivity index (χ1n) is 5.43. The van der Waals surface area contributed by atoms with Crippen LogP contribution in [0.2, 0.25) is 19.6 Å². The molecule has 1 unspecified atom stereocenters. The standard InChI is InChI=1S/C13H20O2Si/c1-6-12(14)15-13-10(2)8-7-9-11(13)16(3,4)5/h6-9,12,14H,1H2,2-5H3. The first-order valence-corrected chi connectivity index (χ1v) is 8.93. The van der Waals surface area contributed by atoms with E-state index in [1.807, 2.05) is 19.1 Å². The molecule has 1 aromatic carbocycles. The molecule has 1 aromatic rings. The molecule has 3 heteroatoms. The van der Waals surface area contributed by atoms with Crippen molar-refractivity contribution in [2.45, 2.75) is 32.9 Å². The molecule has 0 heterocycles. The summed E-state index contributed by atoms with van der Waals surface area (Å²) in [5.74, 6) is 0.814. The van der Waals surface area contributed by atoms with Gasteiger partial charge in [0.1, 0.15) is 5.75 Å². The highest BCUT2D eigenvalue weighted by molar-refractivity contribution is 6.89. The van der Waals surface area contributed by atoms with E-state index in [0.717, 1.165) is 11.3 Å². The third-order valence-electron chi connectivity index (χ3n) is 2.46. The van der Waals surface area contributed by atoms with Gasteiger partial charge in [-0.3, -0.25) is 0 Å². The van der Waals surface area contributed by atoms with Gasteiger partial charge in [0.05, 0.1) is 8.07 Å². The van der Waals surface area contributed by atoms with Crippen molar-refractivity contribution in [2.24, 2.45) is 0 Å². The zero-order valence-corrected chi connectivity index (χ0v) is 11.4. The number of ether oxygens (including phenoxy) is 1. The second-order valence-corrected chi connectivity index (χ2v) is 9.98. The molecule has 0 bridgehead atoms. The largest absolute Gasteiger partial charge is 0.461 e. The van der Waals surface area contributed by atoms with Crippen LogP contribution in [0.15, 0.2) is 30.9 Å². The predicted molar refractivity (Wildman–Crippen MR) is 71.0 cm³/mol. The van der Waals surface area contributed by atoms with Gasteiger partial charge in [0, 0.05) is 0 Å². The molecule has 0 spiro atoms. The van der Waals surface area contributed by atoms with Gasteiger partial charge in [-0.15, -0.1) is 0 Å². The average molecular weight is 236 g/mol. The number of aliphatic hydroxyl groups is 1. The maximum atomic E-state index is 9.50. The fourth-order valence-electron chi connectivity index (χ4n) is 1.57. The highest BCUT2D eigenvalue weighted by atomic mass is 28.3. The Morgan fingerprint density at radius 2 is 2.00 bits per heavy atom. The number of para-hydroxylation sites is 1. The van der Waals surface area contributed by atoms with E-state index >= 15 is 0 Å². The van der Waals surface area contributed by atoms with Crippen molar-refractivity contribution in [3.63, 3.8) is 0 Å². The van der Waals surface area contributed by atoms with E-state index in [9.17, 15) is 5.11 Å². The van der Waals surface area contributed by atoms with E-state index < -0.39 is 14.4 Å². The van der Waals surface area contributed by atoms with E-state index in [-0.39, 0.29) is 0 Å². The van der Waals surface area contributed by atoms with Crippen molar-refractivity contribution in [3.8, 4) is 5.75 Å². The van der Waals surface area contributed by atoms with E-state index in [1.165, 1.54) is 11.3 Å². The van der Waals surface area contributed by atoms with Gasteiger partial charge in [0.15, 0.2) is 0 Å². The number of rotatable bonds is 4. The lowest BCUT2D eigenvalue weighted by Gasteiger charge is -2.23. The SMILES string of the molecule is C=CC(O)Oc1c(C)cccc1[Si](C)(C)C. The van der Waals surface area contributed by atoms with Crippen LogP contribution in [0.1, 0.15) is 5.56 Å². The van der Waals surface area contributed by atoms with Crippen LogP contribution in [0.3, 0.4) is 0 Å². The molecule has 16 heavy (non-hydrogen) atoms. The van der Waals surface area contributed by atoms with Crippen LogP contribution in [-0.4, -0.2) is 19.5 Å². The fourth-order valence-corrected chi connectivity index (χ4v) is 3.10. The summed E-state index contributed by atoms with van der Waals surface area (Å²) in [5, 5.41) is 10.7. The minimum absolute atomic E-state index is 0.814. The Hall–Kier alpha value is -1.06. The van der Waals surface area contributed by atoms with Gasteiger partial charge in [-0.05, 0) is 23.7 Å². The lowest BCUT2D eigenvalue weighted by Crippen LogP contribution is -2.39. The van der Waals surface area contributed by atoms with E-state index in [0.29, 0.717) is 0 Å². The van der Waals surface area contributed by atoms with E-state index in [2.05, 4.69) is 32.3 Å². The Balaban J connectivity index is 3.19. The lowest BCUT2D eigenvalue weighted by molar-refractivity contribution is 0.0253. The lowest BCUT2D eigenvalue weighted by atomic mass is 10.2. The van der Waals surface area contributed by atoms with Crippen molar-refractivity contribution in [1.82, 2.24) is 0 Å². The van der Waals surface area contributed by atoms with Crippen molar-refractivity contribution >= 4 is 13.3 Å². The molecule has 0 aliphatic heterocycles. The van der Waals surface area contributed by atoms with Gasteiger partial charge in [0.25, 0.3) is 0 Å². The van der Waals surface area contributed by atoms with Crippen LogP contribution in [0, 0.1) is 6.92 Å². The summed E-state index contributed by atoms with van der Waals surface area (Å²) in [6.07, 6.45) is 0.455. The predicted octanol–water partition coefficient (Wildman–Crippen LogP) is 2.42. The molecule has 0 aliphatic rings. The van der Waals surface area contributed by atoms with Crippen LogP contribution in [-0.2, 0) is 0 Å². The minimum atomic E-state index is -1.46. The molecule has 88 valence electrons. The molecular weight excluding hydrogens is 216 g/mol. The Bertz CT molecular complexity index is 380. The molecule has 0 amide bonds. The summed E-state index contributed by atoms with van der Waals surface area (Å²) in [6.45, 7) is 12.3. The molecule has 1 atom stereocenters. The third-order valence-corrected chi connectivity index (χ3v) is 4.47. The maximum Gasteiger partial charge on any atom is 0.216 e. The van der Waals surface area contributed by atoms with Crippen LogP contribution in [0.4, 0.5) is 0 Å². The highest BCUT2D eigenvalue weighted by Gasteiger charge is 2.22. The number of aliphatic hydroxyl groups excluding tert-OH is 1. The van der Waals surface area contributed by atoms with Crippen LogP contribution < -0.4 is 9.92 Å². The third kappa shape index (κ3) is 2.96. The van der Waals surface area contributed by atoms with Gasteiger partial charge in [-0.2, -0.15) is 0 Å². The molecule has 1 N–H and O–H groups in total. The van der Waals surface area contributed by atoms with Gasteiger partial charge in [0.2, 0.25) is 6.29 Å². The summed E-state index contributed by atoms with van der Waals surface area (Å²) >= 11 is 0. The van der Waals surface area contributed by atoms with Crippen LogP contribution in [0.5, 0.6) is 5.75 Å². The number of benzene rings is 1. The van der Waals surface area contributed by atoms with Gasteiger partial charge >= 0.3 is 0 Å². The Kier molecular flexibility index (Phi) is 3.94. The van der Waals surface area contributed by atoms with Crippen molar-refractivity contribution in [3.05, 3.63) is 36.4 Å². The quantitative estimate of drug-likeness (QED) is 0.494. The van der Waals surface area contributed by atoms with Crippen LogP contribution in [0.25, 0.3) is 0 Å². The molecule has 0 saturated carbocycles. The molecule has 2 nitrogen and oxygen atoms in total. The summed E-state index contributed by atoms with van der Waals surface area (Å²) < 4.78 is 5.52. The summed E-state index contributed by atoms with van der Waals surface area (Å²) in [7, 11) is -1.46. The molecule has 0 saturated heterocycles. The molecule has 0 fully saturated rings. The first-order chi connectivity index (χ1) is 7.36. The van der Waals surface area contributed by atoms with Crippen molar-refractivity contribution < 1.29 is 9.84 Å². The molecule has 0 aliphatic carbocycles. The highest BCUT2D eigenvalue weighted by Crippen LogP contribution is 2.20. The first kappa shape index (κ1) is 13.0. The number of hydrogen-bond donors (Lipinski definition) is 1. The monoisotopic (exact) mass is 236 g/mol. The Labute approximate surface area is 98.6 Å². The fraction of sp³-hybridized carbons (Fsp3) is 0.385. The van der Waals surface area contributed by atoms with E-state index in [4.69, 9.17) is 4.74 Å². The molecule has 1 rings (SSSR count). The summed E-state index contributed by atoms with van der Waals surface area (Å²) in [4.78, 5) is 0. The average Bonchev–Trinajstić information content (AvgIpc) is 2.19. The molecular formula is C13H20O2Si. The molecule has 0 aromatic heterocycles. The Morgan fingerprint density at radius 3 is 2.50 bits per heavy atom. The second kappa shape index (κ2) is 4.85. The summed E-state index contributed by atoms with van der Waals surface area (Å²) in [6, 6.07) is 6.12. The van der Waals surface area contributed by atoms with Crippen molar-refractivity contribution in [1.29, 1.82) is 0 Å². The molecule has 0 radical (unpaired) electrons. The van der Waals surface area contributed by atoms with Gasteiger partial charge in [-0.25, -0.2) is 0 Å². The zero-order valence-electron chi connectivity index (χ0n) is 10.4. The van der Waals surface area contributed by atoms with Gasteiger partial charge < -0.3 is 9.84 Å². The van der Waals surface area contributed by atoms with Crippen LogP contribution >= 0.6 is 0 Å². The van der Waals surface area contributed by atoms with Crippen molar-refractivity contribution in [2.75, 3.05) is 0 Å². The second-order valence-electron chi connectivity index (χ2n) is 4.95. The minimum Gasteiger partial charge on any atom is -0.461 e.